The molecule has 0 amide bonds. The molecular weight excluding hydrogens is 427 g/mol. The van der Waals surface area contributed by atoms with E-state index in [0.717, 1.165) is 35.7 Å². The molecule has 0 saturated carbocycles. The van der Waals surface area contributed by atoms with Gasteiger partial charge in [0.15, 0.2) is 0 Å². The zero-order chi connectivity index (χ0) is 20.8. The summed E-state index contributed by atoms with van der Waals surface area (Å²) < 4.78 is 31.5. The fourth-order valence-electron chi connectivity index (χ4n) is 3.40. The van der Waals surface area contributed by atoms with Crippen molar-refractivity contribution in [1.82, 2.24) is 0 Å². The summed E-state index contributed by atoms with van der Waals surface area (Å²) in [5.41, 5.74) is 2.19. The van der Waals surface area contributed by atoms with E-state index in [1.807, 2.05) is 33.8 Å². The molecule has 1 aromatic carbocycles. The van der Waals surface area contributed by atoms with Crippen LogP contribution in [0.4, 0.5) is 0 Å². The average molecular weight is 463 g/mol. The normalized spacial score (nSPS) is 12.9. The first-order valence-electron chi connectivity index (χ1n) is 9.93. The van der Waals surface area contributed by atoms with Gasteiger partial charge < -0.3 is 4.52 Å². The molecular formula is C21H36BrO4P. The number of phosphoric ester groups is 1. The molecule has 0 saturated heterocycles. The standard InChI is InChI=1S/C21H36BrO4P/c1-9-11-17-13-18(22)14-19(20(17)21(7,8)12-10-2)26-27(23,24-15(3)4)25-16(5)6/h13-16H,9-12H2,1-8H3. The van der Waals surface area contributed by atoms with Gasteiger partial charge in [-0.2, -0.15) is 0 Å². The second-order valence-corrected chi connectivity index (χ2v) is 10.6. The van der Waals surface area contributed by atoms with Crippen LogP contribution in [-0.4, -0.2) is 12.2 Å². The van der Waals surface area contributed by atoms with Crippen molar-refractivity contribution in [2.45, 2.75) is 98.7 Å². The molecule has 0 aliphatic heterocycles. The van der Waals surface area contributed by atoms with Crippen LogP contribution in [-0.2, 0) is 25.4 Å². The number of hydrogen-bond donors (Lipinski definition) is 0. The van der Waals surface area contributed by atoms with Crippen LogP contribution in [0.5, 0.6) is 5.75 Å². The minimum absolute atomic E-state index is 0.115. The summed E-state index contributed by atoms with van der Waals surface area (Å²) in [5, 5.41) is 0. The Kier molecular flexibility index (Phi) is 9.54. The number of benzene rings is 1. The molecule has 0 bridgehead atoms. The van der Waals surface area contributed by atoms with E-state index < -0.39 is 7.82 Å². The second-order valence-electron chi connectivity index (χ2n) is 8.17. The summed E-state index contributed by atoms with van der Waals surface area (Å²) in [4.78, 5) is 0. The Morgan fingerprint density at radius 1 is 1.04 bits per heavy atom. The van der Waals surface area contributed by atoms with E-state index in [1.54, 1.807) is 0 Å². The van der Waals surface area contributed by atoms with Gasteiger partial charge in [0.25, 0.3) is 0 Å². The van der Waals surface area contributed by atoms with E-state index in [4.69, 9.17) is 13.6 Å². The van der Waals surface area contributed by atoms with E-state index in [-0.39, 0.29) is 17.6 Å². The third kappa shape index (κ3) is 7.53. The molecule has 0 aliphatic carbocycles. The fraction of sp³-hybridized carbons (Fsp3) is 0.714. The Morgan fingerprint density at radius 2 is 1.59 bits per heavy atom. The Balaban J connectivity index is 3.53. The zero-order valence-electron chi connectivity index (χ0n) is 18.1. The Hall–Kier alpha value is -0.350. The number of hydrogen-bond acceptors (Lipinski definition) is 4. The van der Waals surface area contributed by atoms with Crippen LogP contribution in [0, 0.1) is 0 Å². The summed E-state index contributed by atoms with van der Waals surface area (Å²) in [6, 6.07) is 4.02. The van der Waals surface area contributed by atoms with Gasteiger partial charge in [0.2, 0.25) is 0 Å². The van der Waals surface area contributed by atoms with Gasteiger partial charge in [0.05, 0.1) is 12.2 Å². The van der Waals surface area contributed by atoms with E-state index in [9.17, 15) is 4.57 Å². The van der Waals surface area contributed by atoms with Gasteiger partial charge in [-0.05, 0) is 63.6 Å². The Morgan fingerprint density at radius 3 is 2.04 bits per heavy atom. The highest BCUT2D eigenvalue weighted by atomic mass is 79.9. The van der Waals surface area contributed by atoms with Gasteiger partial charge in [0, 0.05) is 10.0 Å². The van der Waals surface area contributed by atoms with Crippen LogP contribution in [0.2, 0.25) is 0 Å². The lowest BCUT2D eigenvalue weighted by atomic mass is 9.77. The van der Waals surface area contributed by atoms with Gasteiger partial charge in [-0.25, -0.2) is 4.57 Å². The van der Waals surface area contributed by atoms with Gasteiger partial charge in [-0.1, -0.05) is 56.5 Å². The number of halogens is 1. The summed E-state index contributed by atoms with van der Waals surface area (Å²) in [5.74, 6) is 0.580. The SMILES string of the molecule is CCCc1cc(Br)cc(OP(=O)(OC(C)C)OC(C)C)c1C(C)(C)CCC. The topological polar surface area (TPSA) is 44.8 Å². The monoisotopic (exact) mass is 462 g/mol. The Labute approximate surface area is 174 Å². The summed E-state index contributed by atoms with van der Waals surface area (Å²) in [7, 11) is -3.75. The van der Waals surface area contributed by atoms with Crippen LogP contribution in [0.1, 0.15) is 85.8 Å². The largest absolute Gasteiger partial charge is 0.530 e. The minimum atomic E-state index is -3.75. The third-order valence-corrected chi connectivity index (χ3v) is 6.35. The summed E-state index contributed by atoms with van der Waals surface area (Å²) in [6.45, 7) is 16.1. The molecule has 4 nitrogen and oxygen atoms in total. The van der Waals surface area contributed by atoms with Crippen LogP contribution in [0.25, 0.3) is 0 Å². The van der Waals surface area contributed by atoms with Crippen molar-refractivity contribution in [2.24, 2.45) is 0 Å². The lowest BCUT2D eigenvalue weighted by Crippen LogP contribution is -2.21. The average Bonchev–Trinajstić information content (AvgIpc) is 2.43. The highest BCUT2D eigenvalue weighted by molar-refractivity contribution is 9.10. The van der Waals surface area contributed by atoms with Crippen molar-refractivity contribution < 1.29 is 18.1 Å². The van der Waals surface area contributed by atoms with Gasteiger partial charge in [-0.15, -0.1) is 0 Å². The maximum Gasteiger partial charge on any atom is 0.530 e. The number of aryl methyl sites for hydroxylation is 1. The van der Waals surface area contributed by atoms with Crippen LogP contribution in [0.3, 0.4) is 0 Å². The number of rotatable bonds is 11. The smallest absolute Gasteiger partial charge is 0.404 e. The van der Waals surface area contributed by atoms with Crippen LogP contribution >= 0.6 is 23.8 Å². The molecule has 0 unspecified atom stereocenters. The number of phosphoric acid groups is 1. The maximum absolute atomic E-state index is 13.3. The third-order valence-electron chi connectivity index (χ3n) is 4.11. The lowest BCUT2D eigenvalue weighted by molar-refractivity contribution is 0.103. The molecule has 0 heterocycles. The molecule has 0 atom stereocenters. The fourth-order valence-corrected chi connectivity index (χ4v) is 5.44. The van der Waals surface area contributed by atoms with Crippen LogP contribution in [0.15, 0.2) is 16.6 Å². The maximum atomic E-state index is 13.3. The molecule has 0 fully saturated rings. The first kappa shape index (κ1) is 24.7. The minimum Gasteiger partial charge on any atom is -0.404 e. The molecule has 156 valence electrons. The molecule has 0 N–H and O–H groups in total. The highest BCUT2D eigenvalue weighted by Crippen LogP contribution is 2.54. The first-order valence-corrected chi connectivity index (χ1v) is 12.2. The van der Waals surface area contributed by atoms with Crippen molar-refractivity contribution in [3.63, 3.8) is 0 Å². The molecule has 0 spiro atoms. The van der Waals surface area contributed by atoms with E-state index in [1.165, 1.54) is 5.56 Å². The van der Waals surface area contributed by atoms with E-state index >= 15 is 0 Å². The van der Waals surface area contributed by atoms with Crippen molar-refractivity contribution in [3.8, 4) is 5.75 Å². The molecule has 6 heteroatoms. The predicted octanol–water partition coefficient (Wildman–Crippen LogP) is 7.82. The zero-order valence-corrected chi connectivity index (χ0v) is 20.6. The summed E-state index contributed by atoms with van der Waals surface area (Å²) in [6.07, 6.45) is 3.46. The molecule has 27 heavy (non-hydrogen) atoms. The van der Waals surface area contributed by atoms with Crippen LogP contribution < -0.4 is 4.52 Å². The Bertz CT molecular complexity index is 642. The van der Waals surface area contributed by atoms with E-state index in [2.05, 4.69) is 49.7 Å². The quantitative estimate of drug-likeness (QED) is 0.314. The molecule has 0 radical (unpaired) electrons. The molecule has 0 aliphatic rings. The molecule has 0 aromatic heterocycles. The van der Waals surface area contributed by atoms with Crippen molar-refractivity contribution in [1.29, 1.82) is 0 Å². The van der Waals surface area contributed by atoms with Gasteiger partial charge in [-0.3, -0.25) is 9.05 Å². The second kappa shape index (κ2) is 10.4. The summed E-state index contributed by atoms with van der Waals surface area (Å²) >= 11 is 3.58. The molecule has 1 aromatic rings. The van der Waals surface area contributed by atoms with E-state index in [0.29, 0.717) is 5.75 Å². The van der Waals surface area contributed by atoms with Gasteiger partial charge in [0.1, 0.15) is 5.75 Å². The molecule has 1 rings (SSSR count). The first-order chi connectivity index (χ1) is 12.4. The predicted molar refractivity (Wildman–Crippen MR) is 117 cm³/mol. The van der Waals surface area contributed by atoms with Gasteiger partial charge >= 0.3 is 7.82 Å². The lowest BCUT2D eigenvalue weighted by Gasteiger charge is -2.31. The van der Waals surface area contributed by atoms with Crippen molar-refractivity contribution >= 4 is 23.8 Å². The van der Waals surface area contributed by atoms with Crippen molar-refractivity contribution in [2.75, 3.05) is 0 Å². The van der Waals surface area contributed by atoms with Crippen molar-refractivity contribution in [3.05, 3.63) is 27.7 Å². The highest BCUT2D eigenvalue weighted by Gasteiger charge is 2.35.